The van der Waals surface area contributed by atoms with Crippen molar-refractivity contribution in [3.63, 3.8) is 0 Å². The van der Waals surface area contributed by atoms with Crippen LogP contribution in [0.25, 0.3) is 5.95 Å². The molecule has 1 atom stereocenters. The second-order valence-electron chi connectivity index (χ2n) is 6.55. The zero-order chi connectivity index (χ0) is 18.4. The number of aromatic nitrogens is 4. The summed E-state index contributed by atoms with van der Waals surface area (Å²) in [7, 11) is 0. The van der Waals surface area contributed by atoms with Crippen LogP contribution in [0.15, 0.2) is 12.1 Å². The van der Waals surface area contributed by atoms with Gasteiger partial charge in [-0.25, -0.2) is 23.4 Å². The fraction of sp³-hybridized carbons (Fsp3) is 0.562. The third-order valence-corrected chi connectivity index (χ3v) is 4.26. The fourth-order valence-electron chi connectivity index (χ4n) is 3.17. The predicted molar refractivity (Wildman–Crippen MR) is 79.6 cm³/mol. The van der Waals surface area contributed by atoms with Crippen molar-refractivity contribution in [2.24, 2.45) is 5.92 Å². The van der Waals surface area contributed by atoms with Crippen LogP contribution in [0.5, 0.6) is 0 Å². The molecule has 1 fully saturated rings. The molecule has 0 spiro atoms. The molecule has 1 aliphatic rings. The van der Waals surface area contributed by atoms with Crippen molar-refractivity contribution in [1.82, 2.24) is 19.7 Å². The summed E-state index contributed by atoms with van der Waals surface area (Å²) in [5.74, 6) is -3.33. The standard InChI is InChI=1S/C16H17F5N4/c1-9-5-10(2)25(24-9)14-22-12(7-13(23-14)16(19,20)21)6-11-3-4-15(17,18)8-11/h5,7,11H,3-4,6,8H2,1-2H3. The van der Waals surface area contributed by atoms with Gasteiger partial charge in [-0.2, -0.15) is 18.3 Å². The summed E-state index contributed by atoms with van der Waals surface area (Å²) in [5, 5.41) is 4.10. The van der Waals surface area contributed by atoms with Gasteiger partial charge in [0.1, 0.15) is 5.69 Å². The molecule has 2 aromatic rings. The molecule has 0 amide bonds. The fourth-order valence-corrected chi connectivity index (χ4v) is 3.17. The van der Waals surface area contributed by atoms with Crippen molar-refractivity contribution in [2.45, 2.75) is 51.6 Å². The number of alkyl halides is 5. The lowest BCUT2D eigenvalue weighted by Crippen LogP contribution is -2.16. The van der Waals surface area contributed by atoms with Crippen LogP contribution in [0.2, 0.25) is 0 Å². The summed E-state index contributed by atoms with van der Waals surface area (Å²) in [4.78, 5) is 7.72. The van der Waals surface area contributed by atoms with Crippen LogP contribution in [0.4, 0.5) is 22.0 Å². The van der Waals surface area contributed by atoms with Crippen molar-refractivity contribution in [3.8, 4) is 5.95 Å². The Balaban J connectivity index is 1.98. The Morgan fingerprint density at radius 2 is 1.92 bits per heavy atom. The molecular formula is C16H17F5N4. The number of hydrogen-bond acceptors (Lipinski definition) is 3. The highest BCUT2D eigenvalue weighted by molar-refractivity contribution is 5.24. The summed E-state index contributed by atoms with van der Waals surface area (Å²) in [6, 6.07) is 2.53. The second kappa shape index (κ2) is 6.03. The van der Waals surface area contributed by atoms with Crippen molar-refractivity contribution >= 4 is 0 Å². The predicted octanol–water partition coefficient (Wildman–Crippen LogP) is 4.28. The maximum Gasteiger partial charge on any atom is 0.433 e. The van der Waals surface area contributed by atoms with Gasteiger partial charge < -0.3 is 0 Å². The van der Waals surface area contributed by atoms with Gasteiger partial charge in [-0.05, 0) is 44.7 Å². The monoisotopic (exact) mass is 360 g/mol. The SMILES string of the molecule is Cc1cc(C)n(-c2nc(CC3CCC(F)(F)C3)cc(C(F)(F)F)n2)n1. The minimum absolute atomic E-state index is 0.0630. The summed E-state index contributed by atoms with van der Waals surface area (Å²) in [5.41, 5.74) is 0.225. The summed E-state index contributed by atoms with van der Waals surface area (Å²) < 4.78 is 67.4. The van der Waals surface area contributed by atoms with Crippen LogP contribution in [0.3, 0.4) is 0 Å². The van der Waals surface area contributed by atoms with E-state index in [2.05, 4.69) is 15.1 Å². The van der Waals surface area contributed by atoms with Gasteiger partial charge in [0.15, 0.2) is 0 Å². The largest absolute Gasteiger partial charge is 0.433 e. The lowest BCUT2D eigenvalue weighted by atomic mass is 10.0. The van der Waals surface area contributed by atoms with E-state index in [1.165, 1.54) is 4.68 Å². The van der Waals surface area contributed by atoms with Gasteiger partial charge in [-0.3, -0.25) is 0 Å². The van der Waals surface area contributed by atoms with Crippen LogP contribution in [-0.2, 0) is 12.6 Å². The Hall–Kier alpha value is -2.06. The van der Waals surface area contributed by atoms with Crippen LogP contribution in [-0.4, -0.2) is 25.7 Å². The molecule has 9 heteroatoms. The zero-order valence-corrected chi connectivity index (χ0v) is 13.7. The molecule has 3 rings (SSSR count). The number of nitrogens with zero attached hydrogens (tertiary/aromatic N) is 4. The van der Waals surface area contributed by atoms with Crippen molar-refractivity contribution in [1.29, 1.82) is 0 Å². The lowest BCUT2D eigenvalue weighted by Gasteiger charge is -2.14. The Morgan fingerprint density at radius 1 is 1.20 bits per heavy atom. The van der Waals surface area contributed by atoms with E-state index >= 15 is 0 Å². The molecule has 0 aromatic carbocycles. The number of aryl methyl sites for hydroxylation is 2. The average molecular weight is 360 g/mol. The van der Waals surface area contributed by atoms with E-state index in [4.69, 9.17) is 0 Å². The van der Waals surface area contributed by atoms with E-state index in [1.807, 2.05) is 0 Å². The molecule has 4 nitrogen and oxygen atoms in total. The minimum atomic E-state index is -4.65. The van der Waals surface area contributed by atoms with Gasteiger partial charge in [-0.15, -0.1) is 0 Å². The number of halogens is 5. The molecule has 2 aromatic heterocycles. The second-order valence-corrected chi connectivity index (χ2v) is 6.55. The maximum absolute atomic E-state index is 13.3. The van der Waals surface area contributed by atoms with E-state index in [9.17, 15) is 22.0 Å². The minimum Gasteiger partial charge on any atom is -0.216 e. The molecule has 1 aliphatic carbocycles. The highest BCUT2D eigenvalue weighted by atomic mass is 19.4. The van der Waals surface area contributed by atoms with E-state index < -0.39 is 17.8 Å². The Bertz CT molecular complexity index is 781. The first kappa shape index (κ1) is 17.8. The van der Waals surface area contributed by atoms with Crippen LogP contribution < -0.4 is 0 Å². The summed E-state index contributed by atoms with van der Waals surface area (Å²) in [6.45, 7) is 3.39. The Labute approximate surface area is 141 Å². The number of hydrogen-bond donors (Lipinski definition) is 0. The smallest absolute Gasteiger partial charge is 0.216 e. The highest BCUT2D eigenvalue weighted by Crippen LogP contribution is 2.40. The zero-order valence-electron chi connectivity index (χ0n) is 13.7. The molecule has 0 radical (unpaired) electrons. The third kappa shape index (κ3) is 3.96. The van der Waals surface area contributed by atoms with Crippen molar-refractivity contribution < 1.29 is 22.0 Å². The van der Waals surface area contributed by atoms with Gasteiger partial charge in [0.05, 0.1) is 5.69 Å². The molecule has 136 valence electrons. The van der Waals surface area contributed by atoms with E-state index in [0.717, 1.165) is 6.07 Å². The molecule has 0 N–H and O–H groups in total. The van der Waals surface area contributed by atoms with Gasteiger partial charge in [0.25, 0.3) is 5.95 Å². The highest BCUT2D eigenvalue weighted by Gasteiger charge is 2.40. The molecule has 2 heterocycles. The van der Waals surface area contributed by atoms with Crippen molar-refractivity contribution in [3.05, 3.63) is 34.9 Å². The average Bonchev–Trinajstić information content (AvgIpc) is 2.99. The van der Waals surface area contributed by atoms with E-state index in [1.54, 1.807) is 19.9 Å². The van der Waals surface area contributed by atoms with Crippen LogP contribution >= 0.6 is 0 Å². The van der Waals surface area contributed by atoms with E-state index in [-0.39, 0.29) is 43.2 Å². The Kier molecular flexibility index (Phi) is 4.28. The number of rotatable bonds is 3. The molecule has 0 aliphatic heterocycles. The molecule has 1 unspecified atom stereocenters. The first-order valence-corrected chi connectivity index (χ1v) is 7.90. The van der Waals surface area contributed by atoms with Gasteiger partial charge in [-0.1, -0.05) is 0 Å². The van der Waals surface area contributed by atoms with Gasteiger partial charge >= 0.3 is 6.18 Å². The first-order chi connectivity index (χ1) is 11.5. The quantitative estimate of drug-likeness (QED) is 0.768. The third-order valence-electron chi connectivity index (χ3n) is 4.26. The summed E-state index contributed by atoms with van der Waals surface area (Å²) in [6.07, 6.45) is -4.88. The Morgan fingerprint density at radius 3 is 2.44 bits per heavy atom. The normalized spacial score (nSPS) is 20.2. The molecule has 1 saturated carbocycles. The molecule has 0 bridgehead atoms. The molecular weight excluding hydrogens is 343 g/mol. The van der Waals surface area contributed by atoms with Gasteiger partial charge in [0.2, 0.25) is 5.92 Å². The topological polar surface area (TPSA) is 43.6 Å². The molecule has 25 heavy (non-hydrogen) atoms. The van der Waals surface area contributed by atoms with Crippen LogP contribution in [0.1, 0.15) is 42.0 Å². The molecule has 0 saturated heterocycles. The van der Waals surface area contributed by atoms with Crippen molar-refractivity contribution in [2.75, 3.05) is 0 Å². The van der Waals surface area contributed by atoms with Crippen LogP contribution in [0, 0.1) is 19.8 Å². The maximum atomic E-state index is 13.3. The van der Waals surface area contributed by atoms with E-state index in [0.29, 0.717) is 11.4 Å². The lowest BCUT2D eigenvalue weighted by molar-refractivity contribution is -0.141. The van der Waals surface area contributed by atoms with Gasteiger partial charge in [0, 0.05) is 24.2 Å². The summed E-state index contributed by atoms with van der Waals surface area (Å²) >= 11 is 0. The first-order valence-electron chi connectivity index (χ1n) is 7.90.